The molecule has 0 aliphatic carbocycles. The molecule has 0 amide bonds. The van der Waals surface area contributed by atoms with E-state index in [4.69, 9.17) is 4.74 Å². The number of ether oxygens (including phenoxy) is 1. The van der Waals surface area contributed by atoms with Crippen molar-refractivity contribution in [3.8, 4) is 0 Å². The zero-order valence-corrected chi connectivity index (χ0v) is 8.42. The second-order valence-electron chi connectivity index (χ2n) is 2.90. The summed E-state index contributed by atoms with van der Waals surface area (Å²) in [6, 6.07) is 1.31. The molecular formula is C6H15NOSi. The fourth-order valence-corrected chi connectivity index (χ4v) is 1.38. The smallest absolute Gasteiger partial charge is 0.0793 e. The van der Waals surface area contributed by atoms with Crippen molar-refractivity contribution in [3.05, 3.63) is 0 Å². The van der Waals surface area contributed by atoms with Gasteiger partial charge in [-0.1, -0.05) is 0 Å². The lowest BCUT2D eigenvalue weighted by molar-refractivity contribution is 0.00689. The van der Waals surface area contributed by atoms with Crippen LogP contribution >= 0.6 is 0 Å². The third-order valence-electron chi connectivity index (χ3n) is 2.11. The van der Waals surface area contributed by atoms with Crippen LogP contribution in [-0.4, -0.2) is 40.3 Å². The van der Waals surface area contributed by atoms with Crippen molar-refractivity contribution in [3.63, 3.8) is 0 Å². The maximum absolute atomic E-state index is 5.34. The molecule has 54 valence electrons. The Morgan fingerprint density at radius 3 is 2.11 bits per heavy atom. The maximum atomic E-state index is 5.34. The average Bonchev–Trinajstić information content (AvgIpc) is 1.83. The first-order valence-corrected chi connectivity index (χ1v) is 4.41. The number of hydrogen-bond donors (Lipinski definition) is 0. The van der Waals surface area contributed by atoms with Crippen LogP contribution in [-0.2, 0) is 4.74 Å². The molecule has 1 aliphatic heterocycles. The van der Waals surface area contributed by atoms with Gasteiger partial charge in [-0.3, -0.25) is 0 Å². The van der Waals surface area contributed by atoms with E-state index in [2.05, 4.69) is 18.4 Å². The van der Waals surface area contributed by atoms with Crippen molar-refractivity contribution >= 4 is 10.4 Å². The van der Waals surface area contributed by atoms with Crippen molar-refractivity contribution in [2.45, 2.75) is 25.9 Å². The van der Waals surface area contributed by atoms with Crippen LogP contribution in [0.1, 0.15) is 13.8 Å². The van der Waals surface area contributed by atoms with E-state index in [1.165, 1.54) is 10.4 Å². The Kier molecular flexibility index (Phi) is 2.27. The highest BCUT2D eigenvalue weighted by molar-refractivity contribution is 6.04. The van der Waals surface area contributed by atoms with Crippen LogP contribution in [0.25, 0.3) is 0 Å². The van der Waals surface area contributed by atoms with E-state index < -0.39 is 0 Å². The third-order valence-corrected chi connectivity index (χ3v) is 3.87. The largest absolute Gasteiger partial charge is 0.378 e. The van der Waals surface area contributed by atoms with E-state index in [0.717, 1.165) is 13.2 Å². The van der Waals surface area contributed by atoms with Crippen LogP contribution in [0, 0.1) is 0 Å². The Morgan fingerprint density at radius 1 is 1.33 bits per heavy atom. The topological polar surface area (TPSA) is 12.5 Å². The molecule has 2 nitrogen and oxygen atoms in total. The molecule has 1 aliphatic rings. The minimum Gasteiger partial charge on any atom is -0.378 e. The molecule has 0 aromatic carbocycles. The van der Waals surface area contributed by atoms with Crippen LogP contribution in [0.4, 0.5) is 0 Å². The second kappa shape index (κ2) is 2.81. The van der Waals surface area contributed by atoms with Crippen LogP contribution in [0.2, 0.25) is 0 Å². The lowest BCUT2D eigenvalue weighted by atomic mass is 10.2. The first-order valence-electron chi connectivity index (χ1n) is 3.51. The first-order chi connectivity index (χ1) is 4.22. The van der Waals surface area contributed by atoms with Gasteiger partial charge in [-0.05, 0) is 13.8 Å². The Balaban J connectivity index is 2.41. The highest BCUT2D eigenvalue weighted by Gasteiger charge is 2.20. The minimum atomic E-state index is 0.653. The minimum absolute atomic E-state index is 0.653. The van der Waals surface area contributed by atoms with Gasteiger partial charge >= 0.3 is 0 Å². The molecule has 0 aromatic rings. The summed E-state index contributed by atoms with van der Waals surface area (Å²) in [6.07, 6.45) is 0. The standard InChI is InChI=1S/C6H15NOSi/c1-5-3-8-4-6(2)7(5)9/h5-6H,3-4H2,1-2,9H3. The van der Waals surface area contributed by atoms with Gasteiger partial charge in [-0.2, -0.15) is 0 Å². The Morgan fingerprint density at radius 2 is 1.78 bits per heavy atom. The third kappa shape index (κ3) is 1.53. The Labute approximate surface area is 59.7 Å². The molecule has 1 heterocycles. The second-order valence-corrected chi connectivity index (χ2v) is 3.93. The highest BCUT2D eigenvalue weighted by Crippen LogP contribution is 2.08. The number of hydrogen-bond acceptors (Lipinski definition) is 2. The fraction of sp³-hybridized carbons (Fsp3) is 1.00. The van der Waals surface area contributed by atoms with Gasteiger partial charge in [0.2, 0.25) is 0 Å². The summed E-state index contributed by atoms with van der Waals surface area (Å²) in [5, 5.41) is 0. The van der Waals surface area contributed by atoms with Crippen LogP contribution in [0.15, 0.2) is 0 Å². The summed E-state index contributed by atoms with van der Waals surface area (Å²) in [5.41, 5.74) is 0. The van der Waals surface area contributed by atoms with Crippen molar-refractivity contribution in [2.75, 3.05) is 13.2 Å². The molecule has 1 saturated heterocycles. The van der Waals surface area contributed by atoms with Gasteiger partial charge in [-0.15, -0.1) is 0 Å². The molecule has 9 heavy (non-hydrogen) atoms. The summed E-state index contributed by atoms with van der Waals surface area (Å²) >= 11 is 0. The molecule has 1 rings (SSSR count). The lowest BCUT2D eigenvalue weighted by Gasteiger charge is -2.35. The van der Waals surface area contributed by atoms with Crippen LogP contribution in [0.5, 0.6) is 0 Å². The Bertz CT molecular complexity index is 89.1. The number of nitrogens with zero attached hydrogens (tertiary/aromatic N) is 1. The zero-order chi connectivity index (χ0) is 6.85. The van der Waals surface area contributed by atoms with E-state index in [1.807, 2.05) is 0 Å². The van der Waals surface area contributed by atoms with Gasteiger partial charge < -0.3 is 9.30 Å². The molecule has 2 unspecified atom stereocenters. The molecule has 0 saturated carbocycles. The van der Waals surface area contributed by atoms with Gasteiger partial charge in [-0.25, -0.2) is 0 Å². The predicted octanol–water partition coefficient (Wildman–Crippen LogP) is -0.624. The maximum Gasteiger partial charge on any atom is 0.0793 e. The van der Waals surface area contributed by atoms with Crippen molar-refractivity contribution in [1.29, 1.82) is 0 Å². The van der Waals surface area contributed by atoms with Gasteiger partial charge in [0.05, 0.1) is 23.6 Å². The zero-order valence-electron chi connectivity index (χ0n) is 6.42. The molecule has 2 atom stereocenters. The van der Waals surface area contributed by atoms with Crippen molar-refractivity contribution in [2.24, 2.45) is 0 Å². The normalized spacial score (nSPS) is 39.3. The summed E-state index contributed by atoms with van der Waals surface area (Å²) in [5.74, 6) is 0. The van der Waals surface area contributed by atoms with E-state index >= 15 is 0 Å². The molecule has 3 heteroatoms. The number of rotatable bonds is 0. The highest BCUT2D eigenvalue weighted by atomic mass is 28.2. The van der Waals surface area contributed by atoms with E-state index in [9.17, 15) is 0 Å². The van der Waals surface area contributed by atoms with Crippen molar-refractivity contribution < 1.29 is 4.74 Å². The van der Waals surface area contributed by atoms with Gasteiger partial charge in [0.25, 0.3) is 0 Å². The van der Waals surface area contributed by atoms with E-state index in [0.29, 0.717) is 12.1 Å². The van der Waals surface area contributed by atoms with Crippen LogP contribution < -0.4 is 0 Å². The summed E-state index contributed by atoms with van der Waals surface area (Å²) in [7, 11) is 1.17. The summed E-state index contributed by atoms with van der Waals surface area (Å²) < 4.78 is 7.83. The van der Waals surface area contributed by atoms with E-state index in [1.54, 1.807) is 0 Å². The predicted molar refractivity (Wildman–Crippen MR) is 41.5 cm³/mol. The quantitative estimate of drug-likeness (QED) is 0.421. The SMILES string of the molecule is CC1COCC(C)N1[SiH3]. The summed E-state index contributed by atoms with van der Waals surface area (Å²) in [4.78, 5) is 0. The molecule has 0 radical (unpaired) electrons. The van der Waals surface area contributed by atoms with Gasteiger partial charge in [0.15, 0.2) is 0 Å². The molecule has 0 N–H and O–H groups in total. The Hall–Kier alpha value is 0.137. The first kappa shape index (κ1) is 7.25. The fourth-order valence-electron chi connectivity index (χ4n) is 1.08. The molecule has 0 spiro atoms. The van der Waals surface area contributed by atoms with E-state index in [-0.39, 0.29) is 0 Å². The lowest BCUT2D eigenvalue weighted by Crippen LogP contribution is -2.47. The van der Waals surface area contributed by atoms with Gasteiger partial charge in [0.1, 0.15) is 0 Å². The van der Waals surface area contributed by atoms with Crippen molar-refractivity contribution in [1.82, 2.24) is 4.57 Å². The molecule has 1 fully saturated rings. The molecule has 0 bridgehead atoms. The molecule has 0 aromatic heterocycles. The summed E-state index contributed by atoms with van der Waals surface area (Å²) in [6.45, 7) is 6.30. The van der Waals surface area contributed by atoms with Crippen LogP contribution in [0.3, 0.4) is 0 Å². The monoisotopic (exact) mass is 145 g/mol. The molecular weight excluding hydrogens is 130 g/mol. The average molecular weight is 145 g/mol. The van der Waals surface area contributed by atoms with Gasteiger partial charge in [0, 0.05) is 12.1 Å². The number of morpholine rings is 1.